The molecule has 3 rings (SSSR count). The molecule has 0 bridgehead atoms. The summed E-state index contributed by atoms with van der Waals surface area (Å²) in [6.45, 7) is 6.42. The second-order valence-corrected chi connectivity index (χ2v) is 7.45. The number of hydrogen-bond acceptors (Lipinski definition) is 3. The Morgan fingerprint density at radius 2 is 2.12 bits per heavy atom. The van der Waals surface area contributed by atoms with Crippen molar-refractivity contribution in [3.8, 4) is 0 Å². The van der Waals surface area contributed by atoms with Gasteiger partial charge in [-0.15, -0.1) is 0 Å². The van der Waals surface area contributed by atoms with Gasteiger partial charge < -0.3 is 15.5 Å². The number of rotatable bonds is 6. The molecule has 1 heterocycles. The predicted molar refractivity (Wildman–Crippen MR) is 108 cm³/mol. The number of allylic oxidation sites excluding steroid dienone is 3. The van der Waals surface area contributed by atoms with E-state index in [2.05, 4.69) is 47.6 Å². The molecule has 1 aliphatic carbocycles. The third kappa shape index (κ3) is 3.95. The van der Waals surface area contributed by atoms with E-state index >= 15 is 0 Å². The predicted octanol–water partition coefficient (Wildman–Crippen LogP) is 4.18. The fourth-order valence-electron chi connectivity index (χ4n) is 4.05. The van der Waals surface area contributed by atoms with Gasteiger partial charge in [0.1, 0.15) is 0 Å². The van der Waals surface area contributed by atoms with Crippen molar-refractivity contribution in [2.24, 2.45) is 5.41 Å². The average Bonchev–Trinajstić information content (AvgIpc) is 3.33. The maximum atomic E-state index is 12.6. The van der Waals surface area contributed by atoms with Crippen LogP contribution in [0.1, 0.15) is 49.9 Å². The van der Waals surface area contributed by atoms with E-state index in [9.17, 15) is 4.79 Å². The molecule has 1 aliphatic heterocycles. The van der Waals surface area contributed by atoms with Crippen LogP contribution in [0, 0.1) is 5.41 Å². The summed E-state index contributed by atoms with van der Waals surface area (Å²) in [4.78, 5) is 15.1. The lowest BCUT2D eigenvalue weighted by molar-refractivity contribution is 0.0938. The Balaban J connectivity index is 1.55. The lowest BCUT2D eigenvalue weighted by Gasteiger charge is -2.35. The largest absolute Gasteiger partial charge is 0.388 e. The normalized spacial score (nSPS) is 21.9. The van der Waals surface area contributed by atoms with E-state index < -0.39 is 0 Å². The minimum Gasteiger partial charge on any atom is -0.388 e. The van der Waals surface area contributed by atoms with Crippen molar-refractivity contribution in [3.63, 3.8) is 0 Å². The molecule has 2 aliphatic rings. The molecule has 2 N–H and O–H groups in total. The first-order chi connectivity index (χ1) is 12.6. The summed E-state index contributed by atoms with van der Waals surface area (Å²) in [5.74, 6) is 0.0480. The van der Waals surface area contributed by atoms with E-state index in [-0.39, 0.29) is 5.91 Å². The fourth-order valence-corrected chi connectivity index (χ4v) is 4.05. The average molecular weight is 354 g/mol. The number of likely N-dealkylation sites (tertiary alicyclic amines) is 1. The summed E-state index contributed by atoms with van der Waals surface area (Å²) in [6.07, 6.45) is 11.1. The molecule has 1 unspecified atom stereocenters. The molecule has 26 heavy (non-hydrogen) atoms. The molecule has 140 valence electrons. The zero-order valence-electron chi connectivity index (χ0n) is 16.2. The molecule has 2 fully saturated rings. The molecule has 1 spiro atoms. The molecule has 4 heteroatoms. The van der Waals surface area contributed by atoms with Gasteiger partial charge in [-0.2, -0.15) is 0 Å². The molecule has 1 saturated carbocycles. The van der Waals surface area contributed by atoms with Gasteiger partial charge in [-0.05, 0) is 62.3 Å². The molecule has 1 saturated heterocycles. The van der Waals surface area contributed by atoms with E-state index in [0.717, 1.165) is 50.0 Å². The van der Waals surface area contributed by atoms with Crippen LogP contribution in [0.3, 0.4) is 0 Å². The van der Waals surface area contributed by atoms with Gasteiger partial charge in [0, 0.05) is 43.1 Å². The van der Waals surface area contributed by atoms with Crippen molar-refractivity contribution in [2.75, 3.05) is 25.5 Å². The molecule has 1 aromatic carbocycles. The number of hydrogen-bond donors (Lipinski definition) is 2. The topological polar surface area (TPSA) is 44.4 Å². The number of piperidine rings is 1. The summed E-state index contributed by atoms with van der Waals surface area (Å²) in [5.41, 5.74) is 3.36. The van der Waals surface area contributed by atoms with E-state index in [1.807, 2.05) is 31.3 Å². The number of carbonyl (C=O) groups is 1. The minimum absolute atomic E-state index is 0.0480. The highest BCUT2D eigenvalue weighted by Gasteiger charge is 2.55. The minimum atomic E-state index is 0.0480. The molecule has 1 aromatic rings. The van der Waals surface area contributed by atoms with Gasteiger partial charge in [0.15, 0.2) is 0 Å². The van der Waals surface area contributed by atoms with Gasteiger partial charge in [0.05, 0.1) is 0 Å². The van der Waals surface area contributed by atoms with Crippen LogP contribution in [-0.4, -0.2) is 37.0 Å². The monoisotopic (exact) mass is 353 g/mol. The Kier molecular flexibility index (Phi) is 5.70. The second kappa shape index (κ2) is 7.98. The molecule has 4 nitrogen and oxygen atoms in total. The summed E-state index contributed by atoms with van der Waals surface area (Å²) < 4.78 is 0. The lowest BCUT2D eigenvalue weighted by Crippen LogP contribution is -2.38. The quantitative estimate of drug-likeness (QED) is 0.754. The Hall–Kier alpha value is -2.23. The van der Waals surface area contributed by atoms with E-state index in [4.69, 9.17) is 0 Å². The number of anilines is 1. The zero-order valence-corrected chi connectivity index (χ0v) is 16.2. The van der Waals surface area contributed by atoms with Gasteiger partial charge in [-0.3, -0.25) is 4.79 Å². The van der Waals surface area contributed by atoms with Crippen molar-refractivity contribution in [2.45, 2.75) is 45.6 Å². The number of nitrogens with one attached hydrogen (secondary N) is 2. The van der Waals surface area contributed by atoms with Crippen LogP contribution in [0.4, 0.5) is 5.69 Å². The Morgan fingerprint density at radius 1 is 1.35 bits per heavy atom. The molecular weight excluding hydrogens is 322 g/mol. The van der Waals surface area contributed by atoms with E-state index in [1.165, 1.54) is 5.70 Å². The van der Waals surface area contributed by atoms with Crippen LogP contribution in [0.15, 0.2) is 48.2 Å². The van der Waals surface area contributed by atoms with Gasteiger partial charge in [0.25, 0.3) is 5.91 Å². The SMILES string of the molecule is C/C=C\C(=C/CC)N1CCC2(CC1)CC2NC(=O)c1cccc(NC)c1. The van der Waals surface area contributed by atoms with Gasteiger partial charge >= 0.3 is 0 Å². The second-order valence-electron chi connectivity index (χ2n) is 7.45. The summed E-state index contributed by atoms with van der Waals surface area (Å²) in [6, 6.07) is 8.01. The third-order valence-electron chi connectivity index (χ3n) is 5.78. The third-order valence-corrected chi connectivity index (χ3v) is 5.78. The Labute approximate surface area is 157 Å². The summed E-state index contributed by atoms with van der Waals surface area (Å²) >= 11 is 0. The van der Waals surface area contributed by atoms with Crippen LogP contribution in [0.2, 0.25) is 0 Å². The first-order valence-electron chi connectivity index (χ1n) is 9.78. The molecule has 1 atom stereocenters. The standard InChI is InChI=1S/C22H31N3O/c1-4-7-19(8-5-2)25-13-11-22(12-14-25)16-20(22)24-21(26)17-9-6-10-18(15-17)23-3/h4,6-10,15,20,23H,5,11-14,16H2,1-3H3,(H,24,26)/b7-4-,19-8+. The maximum absolute atomic E-state index is 12.6. The molecule has 0 radical (unpaired) electrons. The van der Waals surface area contributed by atoms with Crippen molar-refractivity contribution in [3.05, 3.63) is 53.8 Å². The van der Waals surface area contributed by atoms with Crippen LogP contribution >= 0.6 is 0 Å². The van der Waals surface area contributed by atoms with Crippen molar-refractivity contribution < 1.29 is 4.79 Å². The van der Waals surface area contributed by atoms with Crippen LogP contribution < -0.4 is 10.6 Å². The zero-order chi connectivity index (χ0) is 18.6. The van der Waals surface area contributed by atoms with Crippen LogP contribution in [0.5, 0.6) is 0 Å². The highest BCUT2D eigenvalue weighted by molar-refractivity contribution is 5.95. The smallest absolute Gasteiger partial charge is 0.251 e. The maximum Gasteiger partial charge on any atom is 0.251 e. The van der Waals surface area contributed by atoms with E-state index in [1.54, 1.807) is 0 Å². The van der Waals surface area contributed by atoms with Crippen molar-refractivity contribution in [1.82, 2.24) is 10.2 Å². The lowest BCUT2D eigenvalue weighted by atomic mass is 9.92. The number of carbonyl (C=O) groups excluding carboxylic acids is 1. The fraction of sp³-hybridized carbons (Fsp3) is 0.500. The Bertz CT molecular complexity index is 699. The van der Waals surface area contributed by atoms with E-state index in [0.29, 0.717) is 11.5 Å². The van der Waals surface area contributed by atoms with Gasteiger partial charge in [-0.1, -0.05) is 25.1 Å². The first-order valence-corrected chi connectivity index (χ1v) is 9.78. The van der Waals surface area contributed by atoms with Crippen LogP contribution in [0.25, 0.3) is 0 Å². The number of benzene rings is 1. The van der Waals surface area contributed by atoms with Gasteiger partial charge in [0.2, 0.25) is 0 Å². The highest BCUT2D eigenvalue weighted by atomic mass is 16.1. The molecule has 1 amide bonds. The molecule has 0 aromatic heterocycles. The Morgan fingerprint density at radius 3 is 2.77 bits per heavy atom. The van der Waals surface area contributed by atoms with Gasteiger partial charge in [-0.25, -0.2) is 0 Å². The van der Waals surface area contributed by atoms with Crippen molar-refractivity contribution in [1.29, 1.82) is 0 Å². The first kappa shape index (κ1) is 18.6. The number of nitrogens with zero attached hydrogens (tertiary/aromatic N) is 1. The number of amides is 1. The highest BCUT2D eigenvalue weighted by Crippen LogP contribution is 2.54. The summed E-state index contributed by atoms with van der Waals surface area (Å²) in [5, 5.41) is 6.35. The molecular formula is C22H31N3O. The van der Waals surface area contributed by atoms with Crippen molar-refractivity contribution >= 4 is 11.6 Å². The van der Waals surface area contributed by atoms with Crippen LogP contribution in [-0.2, 0) is 0 Å². The summed E-state index contributed by atoms with van der Waals surface area (Å²) in [7, 11) is 1.87.